The molecule has 0 aromatic rings. The monoisotopic (exact) mass is 232 g/mol. The third kappa shape index (κ3) is 1.95. The molecule has 0 bridgehead atoms. The summed E-state index contributed by atoms with van der Waals surface area (Å²) in [4.78, 5) is 13.2. The third-order valence-electron chi connectivity index (χ3n) is 3.05. The Bertz CT molecular complexity index is 366. The van der Waals surface area contributed by atoms with E-state index in [0.29, 0.717) is 6.54 Å². The van der Waals surface area contributed by atoms with Crippen molar-refractivity contribution in [3.8, 4) is 0 Å². The molecule has 0 aromatic heterocycles. The second kappa shape index (κ2) is 3.66. The normalized spacial score (nSPS) is 32.9. The van der Waals surface area contributed by atoms with Gasteiger partial charge in [-0.3, -0.25) is 0 Å². The van der Waals surface area contributed by atoms with Gasteiger partial charge in [-0.05, 0) is 6.42 Å². The number of urea groups is 1. The van der Waals surface area contributed by atoms with Crippen molar-refractivity contribution in [3.63, 3.8) is 0 Å². The smallest absolute Gasteiger partial charge is 0.318 e. The lowest BCUT2D eigenvalue weighted by molar-refractivity contribution is 0.206. The van der Waals surface area contributed by atoms with Crippen LogP contribution in [0, 0.1) is 0 Å². The molecule has 2 rings (SSSR count). The Kier molecular flexibility index (Phi) is 2.62. The highest BCUT2D eigenvalue weighted by Gasteiger charge is 2.48. The van der Waals surface area contributed by atoms with E-state index in [9.17, 15) is 13.2 Å². The lowest BCUT2D eigenvalue weighted by atomic mass is 10.2. The van der Waals surface area contributed by atoms with Gasteiger partial charge in [-0.2, -0.15) is 0 Å². The number of carbonyl (C=O) groups excluding carboxylic acids is 1. The molecular formula is C9H16N2O3S. The number of nitrogens with zero attached hydrogens (tertiary/aromatic N) is 1. The Balaban J connectivity index is 2.09. The summed E-state index contributed by atoms with van der Waals surface area (Å²) < 4.78 is 22.8. The van der Waals surface area contributed by atoms with Crippen LogP contribution in [0.3, 0.4) is 0 Å². The van der Waals surface area contributed by atoms with Crippen molar-refractivity contribution in [2.75, 3.05) is 18.1 Å². The Morgan fingerprint density at radius 3 is 2.87 bits per heavy atom. The average molecular weight is 232 g/mol. The Morgan fingerprint density at radius 1 is 1.47 bits per heavy atom. The fourth-order valence-electron chi connectivity index (χ4n) is 2.26. The SMILES string of the molecule is CCCCN1C(=O)N[C@@H]2CS(=O)(=O)C[C@@H]21. The van der Waals surface area contributed by atoms with Crippen LogP contribution < -0.4 is 5.32 Å². The molecule has 2 aliphatic heterocycles. The number of fused-ring (bicyclic) bond motifs is 1. The fraction of sp³-hybridized carbons (Fsp3) is 0.889. The van der Waals surface area contributed by atoms with E-state index in [1.165, 1.54) is 0 Å². The van der Waals surface area contributed by atoms with Gasteiger partial charge in [-0.25, -0.2) is 13.2 Å². The van der Waals surface area contributed by atoms with Crippen molar-refractivity contribution in [1.29, 1.82) is 0 Å². The number of hydrogen-bond acceptors (Lipinski definition) is 3. The maximum atomic E-state index is 11.5. The minimum atomic E-state index is -2.94. The minimum absolute atomic E-state index is 0.103. The Morgan fingerprint density at radius 2 is 2.20 bits per heavy atom. The van der Waals surface area contributed by atoms with E-state index in [4.69, 9.17) is 0 Å². The van der Waals surface area contributed by atoms with Crippen LogP contribution >= 0.6 is 0 Å². The predicted molar refractivity (Wildman–Crippen MR) is 56.4 cm³/mol. The number of unbranched alkanes of at least 4 members (excludes halogenated alkanes) is 1. The summed E-state index contributed by atoms with van der Waals surface area (Å²) >= 11 is 0. The number of carbonyl (C=O) groups is 1. The lowest BCUT2D eigenvalue weighted by Gasteiger charge is -2.20. The first-order valence-electron chi connectivity index (χ1n) is 5.31. The number of nitrogens with one attached hydrogen (secondary N) is 1. The summed E-state index contributed by atoms with van der Waals surface area (Å²) in [5.41, 5.74) is 0. The summed E-state index contributed by atoms with van der Waals surface area (Å²) in [5, 5.41) is 2.74. The maximum Gasteiger partial charge on any atom is 0.318 e. The topological polar surface area (TPSA) is 66.5 Å². The summed E-state index contributed by atoms with van der Waals surface area (Å²) in [6, 6.07) is -0.415. The predicted octanol–water partition coefficient (Wildman–Crippen LogP) is -0.0227. The highest BCUT2D eigenvalue weighted by molar-refractivity contribution is 7.91. The van der Waals surface area contributed by atoms with E-state index in [1.54, 1.807) is 4.90 Å². The van der Waals surface area contributed by atoms with E-state index < -0.39 is 9.84 Å². The van der Waals surface area contributed by atoms with E-state index in [-0.39, 0.29) is 29.6 Å². The van der Waals surface area contributed by atoms with Crippen LogP contribution in [-0.2, 0) is 9.84 Å². The van der Waals surface area contributed by atoms with Gasteiger partial charge in [0.15, 0.2) is 9.84 Å². The first-order valence-corrected chi connectivity index (χ1v) is 7.13. The lowest BCUT2D eigenvalue weighted by Crippen LogP contribution is -2.37. The van der Waals surface area contributed by atoms with Crippen molar-refractivity contribution in [1.82, 2.24) is 10.2 Å². The number of hydrogen-bond donors (Lipinski definition) is 1. The molecule has 0 radical (unpaired) electrons. The molecule has 0 aliphatic carbocycles. The van der Waals surface area contributed by atoms with Gasteiger partial charge in [-0.1, -0.05) is 13.3 Å². The van der Waals surface area contributed by atoms with Gasteiger partial charge in [0.05, 0.1) is 23.6 Å². The first-order chi connectivity index (χ1) is 7.03. The molecule has 0 saturated carbocycles. The molecule has 5 nitrogen and oxygen atoms in total. The highest BCUT2D eigenvalue weighted by atomic mass is 32.2. The molecular weight excluding hydrogens is 216 g/mol. The van der Waals surface area contributed by atoms with Gasteiger partial charge < -0.3 is 10.2 Å². The van der Waals surface area contributed by atoms with E-state index in [2.05, 4.69) is 12.2 Å². The van der Waals surface area contributed by atoms with Crippen LogP contribution in [0.4, 0.5) is 4.79 Å². The van der Waals surface area contributed by atoms with Crippen LogP contribution in [0.15, 0.2) is 0 Å². The first kappa shape index (κ1) is 10.7. The zero-order valence-corrected chi connectivity index (χ0v) is 9.59. The molecule has 2 atom stereocenters. The van der Waals surface area contributed by atoms with Crippen LogP contribution in [0.5, 0.6) is 0 Å². The highest BCUT2D eigenvalue weighted by Crippen LogP contribution is 2.24. The summed E-state index contributed by atoms with van der Waals surface area (Å²) in [6.07, 6.45) is 1.94. The Labute approximate surface area is 89.7 Å². The van der Waals surface area contributed by atoms with Crippen LogP contribution in [0.2, 0.25) is 0 Å². The molecule has 86 valence electrons. The number of sulfone groups is 1. The van der Waals surface area contributed by atoms with E-state index in [1.807, 2.05) is 0 Å². The summed E-state index contributed by atoms with van der Waals surface area (Å²) in [7, 11) is -2.94. The van der Waals surface area contributed by atoms with Crippen LogP contribution in [0.1, 0.15) is 19.8 Å². The molecule has 2 aliphatic rings. The molecule has 2 amide bonds. The molecule has 0 spiro atoms. The van der Waals surface area contributed by atoms with Crippen molar-refractivity contribution < 1.29 is 13.2 Å². The van der Waals surface area contributed by atoms with Gasteiger partial charge in [0.1, 0.15) is 0 Å². The molecule has 0 unspecified atom stereocenters. The van der Waals surface area contributed by atoms with Gasteiger partial charge in [-0.15, -0.1) is 0 Å². The molecule has 2 heterocycles. The van der Waals surface area contributed by atoms with Gasteiger partial charge in [0.2, 0.25) is 0 Å². The molecule has 2 saturated heterocycles. The second-order valence-electron chi connectivity index (χ2n) is 4.25. The number of amides is 2. The van der Waals surface area contributed by atoms with Crippen molar-refractivity contribution in [2.45, 2.75) is 31.8 Å². The van der Waals surface area contributed by atoms with Crippen LogP contribution in [0.25, 0.3) is 0 Å². The minimum Gasteiger partial charge on any atom is -0.332 e. The zero-order chi connectivity index (χ0) is 11.1. The van der Waals surface area contributed by atoms with Crippen molar-refractivity contribution in [2.24, 2.45) is 0 Å². The van der Waals surface area contributed by atoms with Gasteiger partial charge in [0, 0.05) is 6.54 Å². The largest absolute Gasteiger partial charge is 0.332 e. The Hall–Kier alpha value is -0.780. The average Bonchev–Trinajstić information content (AvgIpc) is 2.54. The van der Waals surface area contributed by atoms with Crippen LogP contribution in [-0.4, -0.2) is 49.5 Å². The summed E-state index contributed by atoms with van der Waals surface area (Å²) in [5.74, 6) is 0.228. The van der Waals surface area contributed by atoms with E-state index >= 15 is 0 Å². The second-order valence-corrected chi connectivity index (χ2v) is 6.40. The fourth-order valence-corrected chi connectivity index (χ4v) is 4.18. The quantitative estimate of drug-likeness (QED) is 0.695. The standard InChI is InChI=1S/C9H16N2O3S/c1-2-3-4-11-8-6-15(13,14)5-7(8)10-9(11)12/h7-8H,2-6H2,1H3,(H,10,12)/t7-,8+/m1/s1. The molecule has 15 heavy (non-hydrogen) atoms. The maximum absolute atomic E-state index is 11.5. The molecule has 1 N–H and O–H groups in total. The van der Waals surface area contributed by atoms with Crippen molar-refractivity contribution in [3.05, 3.63) is 0 Å². The zero-order valence-electron chi connectivity index (χ0n) is 8.77. The third-order valence-corrected chi connectivity index (χ3v) is 4.76. The van der Waals surface area contributed by atoms with Gasteiger partial charge in [0.25, 0.3) is 0 Å². The summed E-state index contributed by atoms with van der Waals surface area (Å²) in [6.45, 7) is 2.72. The molecule has 0 aromatic carbocycles. The van der Waals surface area contributed by atoms with Gasteiger partial charge >= 0.3 is 6.03 Å². The van der Waals surface area contributed by atoms with E-state index in [0.717, 1.165) is 12.8 Å². The van der Waals surface area contributed by atoms with Crippen molar-refractivity contribution >= 4 is 15.9 Å². The molecule has 2 fully saturated rings. The number of rotatable bonds is 3. The molecule has 6 heteroatoms.